The van der Waals surface area contributed by atoms with Crippen LogP contribution >= 0.6 is 0 Å². The zero-order chi connectivity index (χ0) is 17.0. The van der Waals surface area contributed by atoms with Crippen LogP contribution in [-0.4, -0.2) is 53.7 Å². The maximum atomic E-state index is 12.3. The number of likely N-dealkylation sites (tertiary alicyclic amines) is 1. The summed E-state index contributed by atoms with van der Waals surface area (Å²) < 4.78 is 5.11. The molecule has 1 aromatic heterocycles. The predicted molar refractivity (Wildman–Crippen MR) is 92.2 cm³/mol. The number of rotatable bonds is 5. The molecule has 132 valence electrons. The van der Waals surface area contributed by atoms with Gasteiger partial charge in [-0.3, -0.25) is 0 Å². The van der Waals surface area contributed by atoms with E-state index in [1.807, 2.05) is 4.90 Å². The standard InChI is InChI=1S/C17H27N5O2/c1-17(7-3-8-17)12-19-16(23)22-10-5-13(6-11-22)20-15-18-9-4-14(21-15)24-2/h4,9,13H,3,5-8,10-12H2,1-2H3,(H,19,23)(H,18,20,21). The van der Waals surface area contributed by atoms with Crippen molar-refractivity contribution in [2.45, 2.75) is 45.1 Å². The average molecular weight is 333 g/mol. The highest BCUT2D eigenvalue weighted by Gasteiger charge is 2.32. The fourth-order valence-electron chi connectivity index (χ4n) is 3.29. The van der Waals surface area contributed by atoms with Crippen LogP contribution in [0.1, 0.15) is 39.0 Å². The molecule has 1 aliphatic carbocycles. The van der Waals surface area contributed by atoms with E-state index in [0.717, 1.165) is 32.5 Å². The van der Waals surface area contributed by atoms with E-state index in [2.05, 4.69) is 27.5 Å². The minimum atomic E-state index is 0.0687. The van der Waals surface area contributed by atoms with Gasteiger partial charge in [-0.05, 0) is 31.1 Å². The third kappa shape index (κ3) is 4.07. The maximum Gasteiger partial charge on any atom is 0.317 e. The fraction of sp³-hybridized carbons (Fsp3) is 0.706. The Morgan fingerprint density at radius 3 is 2.79 bits per heavy atom. The van der Waals surface area contributed by atoms with Gasteiger partial charge in [-0.25, -0.2) is 9.78 Å². The molecular formula is C17H27N5O2. The minimum absolute atomic E-state index is 0.0687. The van der Waals surface area contributed by atoms with Gasteiger partial charge in [0.05, 0.1) is 7.11 Å². The summed E-state index contributed by atoms with van der Waals surface area (Å²) in [5.41, 5.74) is 0.319. The second kappa shape index (κ2) is 7.23. The van der Waals surface area contributed by atoms with Crippen molar-refractivity contribution >= 4 is 12.0 Å². The largest absolute Gasteiger partial charge is 0.481 e. The Balaban J connectivity index is 1.42. The van der Waals surface area contributed by atoms with Crippen molar-refractivity contribution in [1.82, 2.24) is 20.2 Å². The monoisotopic (exact) mass is 333 g/mol. The predicted octanol–water partition coefficient (Wildman–Crippen LogP) is 2.26. The Morgan fingerprint density at radius 1 is 1.42 bits per heavy atom. The van der Waals surface area contributed by atoms with Gasteiger partial charge in [-0.15, -0.1) is 0 Å². The first-order valence-electron chi connectivity index (χ1n) is 8.74. The van der Waals surface area contributed by atoms with Gasteiger partial charge in [-0.2, -0.15) is 4.98 Å². The van der Waals surface area contributed by atoms with E-state index in [1.165, 1.54) is 19.3 Å². The Bertz CT molecular complexity index is 568. The number of nitrogens with one attached hydrogen (secondary N) is 2. The van der Waals surface area contributed by atoms with E-state index < -0.39 is 0 Å². The van der Waals surface area contributed by atoms with Gasteiger partial charge in [-0.1, -0.05) is 13.3 Å². The molecule has 1 aromatic rings. The Labute approximate surface area is 143 Å². The molecule has 2 heterocycles. The first-order valence-corrected chi connectivity index (χ1v) is 8.74. The average Bonchev–Trinajstić information content (AvgIpc) is 2.59. The molecule has 2 N–H and O–H groups in total. The van der Waals surface area contributed by atoms with Gasteiger partial charge >= 0.3 is 6.03 Å². The van der Waals surface area contributed by atoms with Gasteiger partial charge in [0.15, 0.2) is 0 Å². The highest BCUT2D eigenvalue weighted by atomic mass is 16.5. The van der Waals surface area contributed by atoms with Gasteiger partial charge in [0.2, 0.25) is 11.8 Å². The van der Waals surface area contributed by atoms with E-state index in [9.17, 15) is 4.79 Å². The van der Waals surface area contributed by atoms with E-state index >= 15 is 0 Å². The molecular weight excluding hydrogens is 306 g/mol. The van der Waals surface area contributed by atoms with Crippen molar-refractivity contribution in [3.63, 3.8) is 0 Å². The molecule has 2 fully saturated rings. The number of urea groups is 1. The van der Waals surface area contributed by atoms with Gasteiger partial charge in [0.25, 0.3) is 0 Å². The van der Waals surface area contributed by atoms with Gasteiger partial charge < -0.3 is 20.3 Å². The molecule has 24 heavy (non-hydrogen) atoms. The zero-order valence-corrected chi connectivity index (χ0v) is 14.5. The number of carbonyl (C=O) groups excluding carboxylic acids is 1. The molecule has 1 saturated heterocycles. The van der Waals surface area contributed by atoms with Crippen LogP contribution in [0, 0.1) is 5.41 Å². The summed E-state index contributed by atoms with van der Waals surface area (Å²) in [5, 5.41) is 6.43. The summed E-state index contributed by atoms with van der Waals surface area (Å²) in [5.74, 6) is 1.13. The molecule has 7 heteroatoms. The molecule has 1 aliphatic heterocycles. The molecule has 0 unspecified atom stereocenters. The molecule has 1 saturated carbocycles. The number of amides is 2. The van der Waals surface area contributed by atoms with E-state index in [4.69, 9.17) is 4.74 Å². The number of methoxy groups -OCH3 is 1. The van der Waals surface area contributed by atoms with Crippen LogP contribution in [0.5, 0.6) is 5.88 Å². The van der Waals surface area contributed by atoms with Crippen molar-refractivity contribution in [3.8, 4) is 5.88 Å². The molecule has 0 bridgehead atoms. The Morgan fingerprint density at radius 2 is 2.17 bits per heavy atom. The molecule has 0 atom stereocenters. The van der Waals surface area contributed by atoms with Crippen molar-refractivity contribution in [3.05, 3.63) is 12.3 Å². The van der Waals surface area contributed by atoms with Crippen LogP contribution < -0.4 is 15.4 Å². The first-order chi connectivity index (χ1) is 11.6. The van der Waals surface area contributed by atoms with Gasteiger partial charge in [0, 0.05) is 37.9 Å². The van der Waals surface area contributed by atoms with Crippen LogP contribution in [0.15, 0.2) is 12.3 Å². The van der Waals surface area contributed by atoms with Crippen LogP contribution in [0.4, 0.5) is 10.7 Å². The van der Waals surface area contributed by atoms with E-state index in [1.54, 1.807) is 19.4 Å². The van der Waals surface area contributed by atoms with E-state index in [-0.39, 0.29) is 12.1 Å². The summed E-state index contributed by atoms with van der Waals surface area (Å²) in [6.07, 6.45) is 7.20. The van der Waals surface area contributed by atoms with Crippen LogP contribution in [0.2, 0.25) is 0 Å². The topological polar surface area (TPSA) is 79.4 Å². The number of aromatic nitrogens is 2. The lowest BCUT2D eigenvalue weighted by Crippen LogP contribution is -2.49. The molecule has 2 amide bonds. The van der Waals surface area contributed by atoms with Crippen LogP contribution in [-0.2, 0) is 0 Å². The smallest absolute Gasteiger partial charge is 0.317 e. The fourth-order valence-corrected chi connectivity index (χ4v) is 3.29. The number of ether oxygens (including phenoxy) is 1. The zero-order valence-electron chi connectivity index (χ0n) is 14.5. The molecule has 2 aliphatic rings. The highest BCUT2D eigenvalue weighted by molar-refractivity contribution is 5.74. The maximum absolute atomic E-state index is 12.3. The molecule has 3 rings (SSSR count). The number of nitrogens with zero attached hydrogens (tertiary/aromatic N) is 3. The van der Waals surface area contributed by atoms with Crippen LogP contribution in [0.3, 0.4) is 0 Å². The number of hydrogen-bond acceptors (Lipinski definition) is 5. The summed E-state index contributed by atoms with van der Waals surface area (Å²) >= 11 is 0. The Hall–Kier alpha value is -2.05. The van der Waals surface area contributed by atoms with Crippen molar-refractivity contribution < 1.29 is 9.53 Å². The minimum Gasteiger partial charge on any atom is -0.481 e. The number of piperidine rings is 1. The lowest BCUT2D eigenvalue weighted by atomic mass is 9.70. The van der Waals surface area contributed by atoms with Gasteiger partial charge in [0.1, 0.15) is 0 Å². The lowest BCUT2D eigenvalue weighted by molar-refractivity contribution is 0.143. The number of carbonyl (C=O) groups is 1. The second-order valence-electron chi connectivity index (χ2n) is 7.15. The van der Waals surface area contributed by atoms with Crippen molar-refractivity contribution in [2.75, 3.05) is 32.1 Å². The molecule has 0 radical (unpaired) electrons. The molecule has 0 aromatic carbocycles. The van der Waals surface area contributed by atoms with E-state index in [0.29, 0.717) is 17.2 Å². The number of hydrogen-bond donors (Lipinski definition) is 2. The molecule has 7 nitrogen and oxygen atoms in total. The summed E-state index contributed by atoms with van der Waals surface area (Å²) in [6, 6.07) is 2.07. The number of anilines is 1. The first kappa shape index (κ1) is 16.8. The normalized spacial score (nSPS) is 20.2. The summed E-state index contributed by atoms with van der Waals surface area (Å²) in [7, 11) is 1.59. The SMILES string of the molecule is COc1ccnc(NC2CCN(C(=O)NCC3(C)CCC3)CC2)n1. The molecule has 0 spiro atoms. The second-order valence-corrected chi connectivity index (χ2v) is 7.15. The van der Waals surface area contributed by atoms with Crippen molar-refractivity contribution in [2.24, 2.45) is 5.41 Å². The van der Waals surface area contributed by atoms with Crippen LogP contribution in [0.25, 0.3) is 0 Å². The quantitative estimate of drug-likeness (QED) is 0.864. The summed E-state index contributed by atoms with van der Waals surface area (Å²) in [4.78, 5) is 22.7. The third-order valence-electron chi connectivity index (χ3n) is 5.18. The van der Waals surface area contributed by atoms with Crippen molar-refractivity contribution in [1.29, 1.82) is 0 Å². The lowest BCUT2D eigenvalue weighted by Gasteiger charge is -2.39. The highest BCUT2D eigenvalue weighted by Crippen LogP contribution is 2.39. The third-order valence-corrected chi connectivity index (χ3v) is 5.18. The Kier molecular flexibility index (Phi) is 5.06. The summed E-state index contributed by atoms with van der Waals surface area (Å²) in [6.45, 7) is 4.55.